The lowest BCUT2D eigenvalue weighted by Gasteiger charge is -2.23. The van der Waals surface area contributed by atoms with Crippen molar-refractivity contribution < 1.29 is 0 Å². The molecule has 2 aromatic rings. The molecule has 0 aliphatic heterocycles. The van der Waals surface area contributed by atoms with Gasteiger partial charge in [0.2, 0.25) is 5.95 Å². The summed E-state index contributed by atoms with van der Waals surface area (Å²) in [5.74, 6) is 0.467. The maximum Gasteiger partial charge on any atom is 0.260 e. The number of benzene rings is 1. The van der Waals surface area contributed by atoms with Gasteiger partial charge in [-0.05, 0) is 35.6 Å². The maximum atomic E-state index is 12.0. The third-order valence-corrected chi connectivity index (χ3v) is 3.56. The van der Waals surface area contributed by atoms with E-state index < -0.39 is 0 Å². The van der Waals surface area contributed by atoms with E-state index in [2.05, 4.69) is 16.9 Å². The van der Waals surface area contributed by atoms with Crippen LogP contribution in [0.4, 0.5) is 5.95 Å². The van der Waals surface area contributed by atoms with Gasteiger partial charge in [0.1, 0.15) is 0 Å². The molecule has 0 spiro atoms. The van der Waals surface area contributed by atoms with Crippen LogP contribution in [0.15, 0.2) is 23.0 Å². The number of aromatic amines is 1. The lowest BCUT2D eigenvalue weighted by atomic mass is 9.82. The van der Waals surface area contributed by atoms with Crippen LogP contribution in [-0.4, -0.2) is 9.97 Å². The van der Waals surface area contributed by atoms with Crippen LogP contribution in [0, 0.1) is 0 Å². The van der Waals surface area contributed by atoms with Gasteiger partial charge in [-0.25, -0.2) is 4.98 Å². The van der Waals surface area contributed by atoms with E-state index in [1.165, 1.54) is 0 Å². The first-order chi connectivity index (χ1) is 8.56. The standard InChI is InChI=1S/C13H12ClN3O/c1-6-4-10-11(12(18)17-13(15)16-10)9-5-7(14)2-3-8(6)9/h2-3,5-6H,4H2,1H3,(H3,15,16,17,18)/t6-/m1/s1. The summed E-state index contributed by atoms with van der Waals surface area (Å²) in [6, 6.07) is 5.64. The number of fused-ring (bicyclic) bond motifs is 3. The molecule has 0 unspecified atom stereocenters. The number of aromatic nitrogens is 2. The van der Waals surface area contributed by atoms with E-state index in [0.717, 1.165) is 23.2 Å². The van der Waals surface area contributed by atoms with Gasteiger partial charge in [0.25, 0.3) is 5.56 Å². The van der Waals surface area contributed by atoms with E-state index in [9.17, 15) is 4.79 Å². The molecule has 3 N–H and O–H groups in total. The van der Waals surface area contributed by atoms with Gasteiger partial charge in [-0.1, -0.05) is 24.6 Å². The SMILES string of the molecule is C[C@@H]1Cc2nc(N)[nH]c(=O)c2-c2cc(Cl)ccc21. The number of rotatable bonds is 0. The summed E-state index contributed by atoms with van der Waals surface area (Å²) < 4.78 is 0. The van der Waals surface area contributed by atoms with E-state index >= 15 is 0 Å². The van der Waals surface area contributed by atoms with Crippen molar-refractivity contribution >= 4 is 17.5 Å². The predicted molar refractivity (Wildman–Crippen MR) is 71.8 cm³/mol. The molecule has 5 heteroatoms. The van der Waals surface area contributed by atoms with Crippen LogP contribution in [0.25, 0.3) is 11.1 Å². The van der Waals surface area contributed by atoms with Crippen molar-refractivity contribution in [3.63, 3.8) is 0 Å². The quantitative estimate of drug-likeness (QED) is 0.765. The van der Waals surface area contributed by atoms with Crippen LogP contribution in [0.2, 0.25) is 5.02 Å². The number of nitrogens with zero attached hydrogens (tertiary/aromatic N) is 1. The van der Waals surface area contributed by atoms with Crippen LogP contribution in [0.3, 0.4) is 0 Å². The summed E-state index contributed by atoms with van der Waals surface area (Å²) in [6.07, 6.45) is 0.720. The van der Waals surface area contributed by atoms with Crippen molar-refractivity contribution in [2.75, 3.05) is 5.73 Å². The van der Waals surface area contributed by atoms with Crippen LogP contribution >= 0.6 is 11.6 Å². The molecule has 0 bridgehead atoms. The summed E-state index contributed by atoms with van der Waals surface area (Å²) in [7, 11) is 0. The largest absolute Gasteiger partial charge is 0.369 e. The third-order valence-electron chi connectivity index (χ3n) is 3.33. The number of H-pyrrole nitrogens is 1. The van der Waals surface area contributed by atoms with Crippen molar-refractivity contribution in [1.82, 2.24) is 9.97 Å². The second-order valence-electron chi connectivity index (χ2n) is 4.61. The first-order valence-corrected chi connectivity index (χ1v) is 6.12. The van der Waals surface area contributed by atoms with Gasteiger partial charge in [0.15, 0.2) is 0 Å². The third kappa shape index (κ3) is 1.61. The minimum Gasteiger partial charge on any atom is -0.369 e. The second-order valence-corrected chi connectivity index (χ2v) is 5.05. The van der Waals surface area contributed by atoms with E-state index in [4.69, 9.17) is 17.3 Å². The van der Waals surface area contributed by atoms with Gasteiger partial charge in [-0.3, -0.25) is 9.78 Å². The number of hydrogen-bond acceptors (Lipinski definition) is 3. The summed E-state index contributed by atoms with van der Waals surface area (Å²) in [4.78, 5) is 18.8. The molecule has 1 aliphatic rings. The van der Waals surface area contributed by atoms with Crippen molar-refractivity contribution in [1.29, 1.82) is 0 Å². The average Bonchev–Trinajstić information content (AvgIpc) is 2.27. The van der Waals surface area contributed by atoms with Gasteiger partial charge in [0.05, 0.1) is 11.3 Å². The highest BCUT2D eigenvalue weighted by atomic mass is 35.5. The molecule has 0 amide bonds. The molecule has 1 atom stereocenters. The molecule has 0 saturated heterocycles. The van der Waals surface area contributed by atoms with Crippen molar-refractivity contribution in [3.8, 4) is 11.1 Å². The zero-order valence-electron chi connectivity index (χ0n) is 9.83. The normalized spacial score (nSPS) is 17.1. The molecule has 1 aromatic carbocycles. The fourth-order valence-electron chi connectivity index (χ4n) is 2.54. The highest BCUT2D eigenvalue weighted by Crippen LogP contribution is 2.38. The van der Waals surface area contributed by atoms with Gasteiger partial charge in [-0.15, -0.1) is 0 Å². The van der Waals surface area contributed by atoms with Gasteiger partial charge >= 0.3 is 0 Å². The monoisotopic (exact) mass is 261 g/mol. The first-order valence-electron chi connectivity index (χ1n) is 5.74. The number of anilines is 1. The number of nitrogen functional groups attached to an aromatic ring is 1. The Labute approximate surface area is 109 Å². The molecule has 1 aromatic heterocycles. The highest BCUT2D eigenvalue weighted by molar-refractivity contribution is 6.30. The molecule has 3 rings (SSSR count). The lowest BCUT2D eigenvalue weighted by Crippen LogP contribution is -2.22. The summed E-state index contributed by atoms with van der Waals surface area (Å²) in [5.41, 5.74) is 8.72. The summed E-state index contributed by atoms with van der Waals surface area (Å²) in [6.45, 7) is 2.11. The van der Waals surface area contributed by atoms with Crippen LogP contribution in [0.1, 0.15) is 24.1 Å². The van der Waals surface area contributed by atoms with Crippen molar-refractivity contribution in [2.45, 2.75) is 19.3 Å². The lowest BCUT2D eigenvalue weighted by molar-refractivity contribution is 0.726. The number of halogens is 1. The zero-order chi connectivity index (χ0) is 12.9. The van der Waals surface area contributed by atoms with E-state index in [-0.39, 0.29) is 11.5 Å². The minimum atomic E-state index is -0.201. The molecule has 0 radical (unpaired) electrons. The van der Waals surface area contributed by atoms with E-state index in [1.807, 2.05) is 18.2 Å². The zero-order valence-corrected chi connectivity index (χ0v) is 10.6. The van der Waals surface area contributed by atoms with Crippen molar-refractivity contribution in [3.05, 3.63) is 44.8 Å². The fraction of sp³-hybridized carbons (Fsp3) is 0.231. The molecule has 0 saturated carbocycles. The molecule has 1 aliphatic carbocycles. The summed E-state index contributed by atoms with van der Waals surface area (Å²) >= 11 is 6.02. The van der Waals surface area contributed by atoms with Gasteiger partial charge in [0, 0.05) is 5.02 Å². The topological polar surface area (TPSA) is 71.8 Å². The Morgan fingerprint density at radius 1 is 1.50 bits per heavy atom. The Morgan fingerprint density at radius 2 is 2.28 bits per heavy atom. The number of hydrogen-bond donors (Lipinski definition) is 2. The number of nitrogens with one attached hydrogen (secondary N) is 1. The molecule has 92 valence electrons. The van der Waals surface area contributed by atoms with Crippen LogP contribution in [-0.2, 0) is 6.42 Å². The number of nitrogens with two attached hydrogens (primary N) is 1. The van der Waals surface area contributed by atoms with Crippen LogP contribution < -0.4 is 11.3 Å². The van der Waals surface area contributed by atoms with Crippen molar-refractivity contribution in [2.24, 2.45) is 0 Å². The molecule has 0 fully saturated rings. The second kappa shape index (κ2) is 3.85. The Balaban J connectivity index is 2.38. The van der Waals surface area contributed by atoms with Gasteiger partial charge in [-0.2, -0.15) is 0 Å². The Kier molecular flexibility index (Phi) is 2.41. The predicted octanol–water partition coefficient (Wildman–Crippen LogP) is 2.33. The Hall–Kier alpha value is -1.81. The first kappa shape index (κ1) is 11.3. The molecule has 18 heavy (non-hydrogen) atoms. The Bertz CT molecular complexity index is 693. The van der Waals surface area contributed by atoms with E-state index in [0.29, 0.717) is 16.5 Å². The Morgan fingerprint density at radius 3 is 3.06 bits per heavy atom. The molecule has 1 heterocycles. The maximum absolute atomic E-state index is 12.0. The smallest absolute Gasteiger partial charge is 0.260 e. The average molecular weight is 262 g/mol. The molecule has 4 nitrogen and oxygen atoms in total. The fourth-order valence-corrected chi connectivity index (χ4v) is 2.71. The van der Waals surface area contributed by atoms with Crippen LogP contribution in [0.5, 0.6) is 0 Å². The highest BCUT2D eigenvalue weighted by Gasteiger charge is 2.25. The van der Waals surface area contributed by atoms with Gasteiger partial charge < -0.3 is 5.73 Å². The van der Waals surface area contributed by atoms with E-state index in [1.54, 1.807) is 0 Å². The molecular formula is C13H12ClN3O. The minimum absolute atomic E-state index is 0.163. The molecular weight excluding hydrogens is 250 g/mol. The summed E-state index contributed by atoms with van der Waals surface area (Å²) in [5, 5.41) is 0.616.